The molecule has 2 aromatic heterocycles. The molecule has 1 aliphatic heterocycles. The molecular formula is C21H21FN4O2S. The van der Waals surface area contributed by atoms with Crippen LogP contribution in [-0.2, 0) is 0 Å². The van der Waals surface area contributed by atoms with E-state index in [4.69, 9.17) is 0 Å². The summed E-state index contributed by atoms with van der Waals surface area (Å²) in [4.78, 5) is 35.4. The Labute approximate surface area is 171 Å². The second-order valence-corrected chi connectivity index (χ2v) is 8.20. The molecular weight excluding hydrogens is 391 g/mol. The lowest BCUT2D eigenvalue weighted by Crippen LogP contribution is -2.39. The molecule has 6 nitrogen and oxygen atoms in total. The monoisotopic (exact) mass is 412 g/mol. The first-order chi connectivity index (χ1) is 14.0. The van der Waals surface area contributed by atoms with Gasteiger partial charge in [-0.3, -0.25) is 9.59 Å². The number of amides is 2. The number of imidazole rings is 1. The van der Waals surface area contributed by atoms with E-state index < -0.39 is 11.7 Å². The summed E-state index contributed by atoms with van der Waals surface area (Å²) in [6.45, 7) is 3.18. The first-order valence-corrected chi connectivity index (χ1v) is 10.3. The second-order valence-electron chi connectivity index (χ2n) is 7.15. The fourth-order valence-corrected chi connectivity index (χ4v) is 4.63. The van der Waals surface area contributed by atoms with E-state index in [0.29, 0.717) is 23.0 Å². The molecule has 0 spiro atoms. The molecule has 1 saturated heterocycles. The lowest BCUT2D eigenvalue weighted by atomic mass is 9.97. The Morgan fingerprint density at radius 3 is 2.97 bits per heavy atom. The molecule has 150 valence electrons. The van der Waals surface area contributed by atoms with E-state index in [0.717, 1.165) is 24.2 Å². The van der Waals surface area contributed by atoms with Crippen LogP contribution in [0.4, 0.5) is 9.39 Å². The van der Waals surface area contributed by atoms with Gasteiger partial charge in [0.05, 0.1) is 9.88 Å². The highest BCUT2D eigenvalue weighted by molar-refractivity contribution is 7.18. The van der Waals surface area contributed by atoms with Crippen LogP contribution in [0.2, 0.25) is 0 Å². The van der Waals surface area contributed by atoms with Gasteiger partial charge >= 0.3 is 0 Å². The number of rotatable bonds is 4. The third kappa shape index (κ3) is 4.22. The molecule has 3 aromatic rings. The van der Waals surface area contributed by atoms with E-state index in [1.165, 1.54) is 29.5 Å². The number of benzene rings is 1. The van der Waals surface area contributed by atoms with Crippen LogP contribution in [0.15, 0.2) is 42.7 Å². The molecule has 1 aromatic carbocycles. The van der Waals surface area contributed by atoms with Gasteiger partial charge in [-0.1, -0.05) is 6.07 Å². The van der Waals surface area contributed by atoms with Gasteiger partial charge in [-0.25, -0.2) is 9.37 Å². The maximum Gasteiger partial charge on any atom is 0.264 e. The van der Waals surface area contributed by atoms with Gasteiger partial charge in [0.15, 0.2) is 0 Å². The zero-order chi connectivity index (χ0) is 20.4. The number of nitrogens with zero attached hydrogens (tertiary/aromatic N) is 2. The third-order valence-corrected chi connectivity index (χ3v) is 6.19. The predicted molar refractivity (Wildman–Crippen MR) is 110 cm³/mol. The highest BCUT2D eigenvalue weighted by Crippen LogP contribution is 2.31. The van der Waals surface area contributed by atoms with Gasteiger partial charge in [-0.2, -0.15) is 0 Å². The van der Waals surface area contributed by atoms with E-state index in [-0.39, 0.29) is 17.4 Å². The molecule has 1 aliphatic rings. The highest BCUT2D eigenvalue weighted by Gasteiger charge is 2.28. The van der Waals surface area contributed by atoms with Gasteiger partial charge < -0.3 is 15.2 Å². The number of halogens is 1. The topological polar surface area (TPSA) is 78.1 Å². The largest absolute Gasteiger partial charge is 0.348 e. The summed E-state index contributed by atoms with van der Waals surface area (Å²) in [5, 5.41) is 3.33. The molecule has 0 bridgehead atoms. The number of thiophene rings is 1. The maximum absolute atomic E-state index is 13.3. The molecule has 2 amide bonds. The van der Waals surface area contributed by atoms with Crippen LogP contribution in [0.5, 0.6) is 0 Å². The van der Waals surface area contributed by atoms with Gasteiger partial charge in [-0.15, -0.1) is 11.3 Å². The predicted octanol–water partition coefficient (Wildman–Crippen LogP) is 4.19. The SMILES string of the molecule is Cc1cc(NC(=O)c2cccc(F)c2)sc1C(=O)N1CCCC(c2ncc[nH]2)C1. The molecule has 8 heteroatoms. The summed E-state index contributed by atoms with van der Waals surface area (Å²) in [5.74, 6) is 0.214. The Kier molecular flexibility index (Phi) is 5.44. The van der Waals surface area contributed by atoms with E-state index in [9.17, 15) is 14.0 Å². The van der Waals surface area contributed by atoms with Crippen LogP contribution in [0.25, 0.3) is 0 Å². The molecule has 1 unspecified atom stereocenters. The number of hydrogen-bond donors (Lipinski definition) is 2. The number of anilines is 1. The van der Waals surface area contributed by atoms with Crippen molar-refractivity contribution in [2.24, 2.45) is 0 Å². The minimum atomic E-state index is -0.466. The smallest absolute Gasteiger partial charge is 0.264 e. The lowest BCUT2D eigenvalue weighted by Gasteiger charge is -2.31. The normalized spacial score (nSPS) is 16.6. The number of likely N-dealkylation sites (tertiary alicyclic amines) is 1. The highest BCUT2D eigenvalue weighted by atomic mass is 32.1. The average molecular weight is 412 g/mol. The third-order valence-electron chi connectivity index (χ3n) is 5.05. The minimum absolute atomic E-state index is 0.0324. The molecule has 29 heavy (non-hydrogen) atoms. The van der Waals surface area contributed by atoms with E-state index in [1.807, 2.05) is 11.8 Å². The van der Waals surface area contributed by atoms with Crippen molar-refractivity contribution in [3.8, 4) is 0 Å². The van der Waals surface area contributed by atoms with Crippen molar-refractivity contribution >= 4 is 28.2 Å². The number of aryl methyl sites for hydroxylation is 1. The number of aromatic amines is 1. The van der Waals surface area contributed by atoms with Crippen molar-refractivity contribution in [1.29, 1.82) is 0 Å². The minimum Gasteiger partial charge on any atom is -0.348 e. The van der Waals surface area contributed by atoms with Gasteiger partial charge in [0.2, 0.25) is 0 Å². The van der Waals surface area contributed by atoms with Crippen molar-refractivity contribution in [1.82, 2.24) is 14.9 Å². The zero-order valence-corrected chi connectivity index (χ0v) is 16.8. The first kappa shape index (κ1) is 19.3. The van der Waals surface area contributed by atoms with Gasteiger partial charge in [-0.05, 0) is 49.6 Å². The molecule has 1 fully saturated rings. The first-order valence-electron chi connectivity index (χ1n) is 9.47. The van der Waals surface area contributed by atoms with Gasteiger partial charge in [0.1, 0.15) is 11.6 Å². The van der Waals surface area contributed by atoms with Crippen molar-refractivity contribution in [2.75, 3.05) is 18.4 Å². The number of carbonyl (C=O) groups is 2. The zero-order valence-electron chi connectivity index (χ0n) is 15.9. The Balaban J connectivity index is 1.47. The van der Waals surface area contributed by atoms with Crippen LogP contribution in [0.3, 0.4) is 0 Å². The summed E-state index contributed by atoms with van der Waals surface area (Å²) >= 11 is 1.25. The Morgan fingerprint density at radius 1 is 1.34 bits per heavy atom. The fourth-order valence-electron chi connectivity index (χ4n) is 3.60. The summed E-state index contributed by atoms with van der Waals surface area (Å²) in [6, 6.07) is 7.29. The quantitative estimate of drug-likeness (QED) is 0.674. The molecule has 0 radical (unpaired) electrons. The average Bonchev–Trinajstić information content (AvgIpc) is 3.37. The fraction of sp³-hybridized carbons (Fsp3) is 0.286. The van der Waals surface area contributed by atoms with Crippen LogP contribution in [0.1, 0.15) is 50.2 Å². The number of H-pyrrole nitrogens is 1. The van der Waals surface area contributed by atoms with Gasteiger partial charge in [0, 0.05) is 37.0 Å². The molecule has 0 saturated carbocycles. The number of nitrogens with one attached hydrogen (secondary N) is 2. The van der Waals surface area contributed by atoms with Gasteiger partial charge in [0.25, 0.3) is 11.8 Å². The lowest BCUT2D eigenvalue weighted by molar-refractivity contribution is 0.0709. The number of hydrogen-bond acceptors (Lipinski definition) is 4. The molecule has 1 atom stereocenters. The molecule has 4 rings (SSSR count). The molecule has 0 aliphatic carbocycles. The Bertz CT molecular complexity index is 1030. The maximum atomic E-state index is 13.3. The number of aromatic nitrogens is 2. The van der Waals surface area contributed by atoms with Crippen LogP contribution >= 0.6 is 11.3 Å². The second kappa shape index (κ2) is 8.16. The van der Waals surface area contributed by atoms with Crippen molar-refractivity contribution in [3.63, 3.8) is 0 Å². The number of carbonyl (C=O) groups excluding carboxylic acids is 2. The van der Waals surface area contributed by atoms with E-state index in [2.05, 4.69) is 15.3 Å². The van der Waals surface area contributed by atoms with Crippen molar-refractivity contribution in [3.05, 3.63) is 70.4 Å². The summed E-state index contributed by atoms with van der Waals surface area (Å²) in [5.41, 5.74) is 1.05. The molecule has 2 N–H and O–H groups in total. The van der Waals surface area contributed by atoms with Crippen LogP contribution in [0, 0.1) is 12.7 Å². The van der Waals surface area contributed by atoms with Crippen LogP contribution < -0.4 is 5.32 Å². The Morgan fingerprint density at radius 2 is 2.21 bits per heavy atom. The molecule has 3 heterocycles. The van der Waals surface area contributed by atoms with E-state index in [1.54, 1.807) is 24.5 Å². The summed E-state index contributed by atoms with van der Waals surface area (Å²) in [7, 11) is 0. The van der Waals surface area contributed by atoms with Crippen molar-refractivity contribution in [2.45, 2.75) is 25.7 Å². The van der Waals surface area contributed by atoms with Crippen LogP contribution in [-0.4, -0.2) is 39.8 Å². The van der Waals surface area contributed by atoms with E-state index >= 15 is 0 Å². The Hall–Kier alpha value is -3.00. The summed E-state index contributed by atoms with van der Waals surface area (Å²) in [6.07, 6.45) is 5.44. The summed E-state index contributed by atoms with van der Waals surface area (Å²) < 4.78 is 13.3. The van der Waals surface area contributed by atoms with Crippen molar-refractivity contribution < 1.29 is 14.0 Å². The number of piperidine rings is 1. The standard InChI is InChI=1S/C21H21FN4O2S/c1-13-10-17(25-20(27)14-4-2-6-16(22)11-14)29-18(13)21(28)26-9-3-5-15(12-26)19-23-7-8-24-19/h2,4,6-8,10-11,15H,3,5,9,12H2,1H3,(H,23,24)(H,25,27).